The molecule has 27 heavy (non-hydrogen) atoms. The van der Waals surface area contributed by atoms with E-state index in [-0.39, 0.29) is 18.2 Å². The smallest absolute Gasteiger partial charge is 0.273 e. The van der Waals surface area contributed by atoms with Gasteiger partial charge >= 0.3 is 0 Å². The molecule has 6 nitrogen and oxygen atoms in total. The van der Waals surface area contributed by atoms with Crippen molar-refractivity contribution < 1.29 is 9.59 Å². The van der Waals surface area contributed by atoms with Crippen molar-refractivity contribution >= 4 is 11.8 Å². The van der Waals surface area contributed by atoms with Crippen LogP contribution < -0.4 is 10.9 Å². The van der Waals surface area contributed by atoms with Crippen molar-refractivity contribution in [3.63, 3.8) is 0 Å². The van der Waals surface area contributed by atoms with Gasteiger partial charge in [-0.3, -0.25) is 20.4 Å². The topological polar surface area (TPSA) is 76.0 Å². The summed E-state index contributed by atoms with van der Waals surface area (Å²) < 4.78 is 1.84. The largest absolute Gasteiger partial charge is 0.290 e. The van der Waals surface area contributed by atoms with Gasteiger partial charge in [0.1, 0.15) is 0 Å². The zero-order chi connectivity index (χ0) is 18.6. The molecule has 0 atom stereocenters. The van der Waals surface area contributed by atoms with Crippen LogP contribution in [0.15, 0.2) is 60.7 Å². The number of hydrogen-bond acceptors (Lipinski definition) is 3. The van der Waals surface area contributed by atoms with E-state index in [0.717, 1.165) is 41.8 Å². The molecule has 0 unspecified atom stereocenters. The molecule has 2 amide bonds. The van der Waals surface area contributed by atoms with Crippen molar-refractivity contribution in [1.82, 2.24) is 20.6 Å². The SMILES string of the molecule is O=C(Cc1ccccc1)NNC(=O)c1nn(-c2ccccc2)c2c1CCC2. The Balaban J connectivity index is 1.47. The number of fused-ring (bicyclic) bond motifs is 1. The molecule has 0 saturated heterocycles. The van der Waals surface area contributed by atoms with Gasteiger partial charge in [0, 0.05) is 11.3 Å². The number of para-hydroxylation sites is 1. The summed E-state index contributed by atoms with van der Waals surface area (Å²) in [5, 5.41) is 4.52. The van der Waals surface area contributed by atoms with E-state index >= 15 is 0 Å². The predicted octanol–water partition coefficient (Wildman–Crippen LogP) is 2.36. The number of aromatic nitrogens is 2. The van der Waals surface area contributed by atoms with Gasteiger partial charge in [-0.15, -0.1) is 0 Å². The van der Waals surface area contributed by atoms with Crippen LogP contribution in [-0.2, 0) is 24.1 Å². The summed E-state index contributed by atoms with van der Waals surface area (Å²) in [5.41, 5.74) is 9.22. The first kappa shape index (κ1) is 17.0. The number of amides is 2. The Labute approximate surface area is 157 Å². The highest BCUT2D eigenvalue weighted by molar-refractivity contribution is 5.95. The third kappa shape index (κ3) is 3.60. The average molecular weight is 360 g/mol. The van der Waals surface area contributed by atoms with Gasteiger partial charge in [0.05, 0.1) is 12.1 Å². The Morgan fingerprint density at radius 1 is 0.926 bits per heavy atom. The molecule has 0 fully saturated rings. The first-order chi connectivity index (χ1) is 13.2. The Hall–Kier alpha value is -3.41. The molecule has 1 aliphatic carbocycles. The highest BCUT2D eigenvalue weighted by Gasteiger charge is 2.27. The maximum absolute atomic E-state index is 12.6. The molecular formula is C21H20N4O2. The normalized spacial score (nSPS) is 12.4. The fourth-order valence-corrected chi connectivity index (χ4v) is 3.41. The van der Waals surface area contributed by atoms with Crippen LogP contribution in [0.1, 0.15) is 33.7 Å². The van der Waals surface area contributed by atoms with Crippen LogP contribution >= 0.6 is 0 Å². The molecule has 1 aliphatic rings. The Morgan fingerprint density at radius 2 is 1.63 bits per heavy atom. The van der Waals surface area contributed by atoms with Crippen LogP contribution in [0, 0.1) is 0 Å². The van der Waals surface area contributed by atoms with Gasteiger partial charge in [-0.1, -0.05) is 48.5 Å². The standard InChI is InChI=1S/C21H20N4O2/c26-19(14-15-8-3-1-4-9-15)22-23-21(27)20-17-12-7-13-18(17)25(24-20)16-10-5-2-6-11-16/h1-6,8-11H,7,12-14H2,(H,22,26)(H,23,27). The molecule has 0 bridgehead atoms. The molecule has 1 aromatic heterocycles. The lowest BCUT2D eigenvalue weighted by molar-refractivity contribution is -0.121. The summed E-state index contributed by atoms with van der Waals surface area (Å²) in [7, 11) is 0. The Morgan fingerprint density at radius 3 is 2.37 bits per heavy atom. The van der Waals surface area contributed by atoms with Gasteiger partial charge in [0.2, 0.25) is 5.91 Å². The summed E-state index contributed by atoms with van der Waals surface area (Å²) in [4.78, 5) is 24.7. The van der Waals surface area contributed by atoms with Crippen LogP contribution in [0.25, 0.3) is 5.69 Å². The van der Waals surface area contributed by atoms with Crippen LogP contribution in [-0.4, -0.2) is 21.6 Å². The molecule has 4 rings (SSSR count). The lowest BCUT2D eigenvalue weighted by Gasteiger charge is -2.07. The molecule has 1 heterocycles. The summed E-state index contributed by atoms with van der Waals surface area (Å²) in [6, 6.07) is 19.2. The lowest BCUT2D eigenvalue weighted by Crippen LogP contribution is -2.42. The molecule has 6 heteroatoms. The summed E-state index contributed by atoms with van der Waals surface area (Å²) in [6.45, 7) is 0. The zero-order valence-corrected chi connectivity index (χ0v) is 14.8. The van der Waals surface area contributed by atoms with Crippen LogP contribution in [0.2, 0.25) is 0 Å². The maximum atomic E-state index is 12.6. The highest BCUT2D eigenvalue weighted by atomic mass is 16.2. The van der Waals surface area contributed by atoms with E-state index < -0.39 is 0 Å². The van der Waals surface area contributed by atoms with Crippen molar-refractivity contribution in [2.45, 2.75) is 25.7 Å². The maximum Gasteiger partial charge on any atom is 0.290 e. The quantitative estimate of drug-likeness (QED) is 0.702. The van der Waals surface area contributed by atoms with E-state index in [2.05, 4.69) is 16.0 Å². The fraction of sp³-hybridized carbons (Fsp3) is 0.190. The zero-order valence-electron chi connectivity index (χ0n) is 14.8. The number of rotatable bonds is 4. The van der Waals surface area contributed by atoms with Crippen LogP contribution in [0.3, 0.4) is 0 Å². The predicted molar refractivity (Wildman–Crippen MR) is 101 cm³/mol. The van der Waals surface area contributed by atoms with Crippen LogP contribution in [0.4, 0.5) is 0 Å². The second kappa shape index (κ2) is 7.45. The van der Waals surface area contributed by atoms with Gasteiger partial charge < -0.3 is 0 Å². The first-order valence-corrected chi connectivity index (χ1v) is 9.01. The number of nitrogens with zero attached hydrogens (tertiary/aromatic N) is 2. The summed E-state index contributed by atoms with van der Waals surface area (Å²) in [5.74, 6) is -0.655. The Bertz CT molecular complexity index is 965. The van der Waals surface area contributed by atoms with E-state index in [9.17, 15) is 9.59 Å². The molecule has 0 radical (unpaired) electrons. The van der Waals surface area contributed by atoms with E-state index in [4.69, 9.17) is 0 Å². The van der Waals surface area contributed by atoms with E-state index in [0.29, 0.717) is 5.69 Å². The van der Waals surface area contributed by atoms with Gasteiger partial charge in [-0.25, -0.2) is 4.68 Å². The van der Waals surface area contributed by atoms with E-state index in [1.54, 1.807) is 0 Å². The monoisotopic (exact) mass is 360 g/mol. The number of benzene rings is 2. The third-order valence-electron chi connectivity index (χ3n) is 4.67. The van der Waals surface area contributed by atoms with Gasteiger partial charge in [0.25, 0.3) is 5.91 Å². The first-order valence-electron chi connectivity index (χ1n) is 9.01. The Kier molecular flexibility index (Phi) is 4.70. The minimum atomic E-state index is -0.385. The second-order valence-electron chi connectivity index (χ2n) is 6.54. The highest BCUT2D eigenvalue weighted by Crippen LogP contribution is 2.27. The van der Waals surface area contributed by atoms with Crippen molar-refractivity contribution in [1.29, 1.82) is 0 Å². The molecule has 0 aliphatic heterocycles. The number of carbonyl (C=O) groups is 2. The molecule has 2 N–H and O–H groups in total. The number of hydrazine groups is 1. The van der Waals surface area contributed by atoms with Crippen molar-refractivity contribution in [3.05, 3.63) is 83.2 Å². The van der Waals surface area contributed by atoms with Crippen molar-refractivity contribution in [2.24, 2.45) is 0 Å². The molecule has 3 aromatic rings. The number of nitrogens with one attached hydrogen (secondary N) is 2. The minimum Gasteiger partial charge on any atom is -0.273 e. The number of carbonyl (C=O) groups excluding carboxylic acids is 2. The second-order valence-corrected chi connectivity index (χ2v) is 6.54. The van der Waals surface area contributed by atoms with Crippen LogP contribution in [0.5, 0.6) is 0 Å². The molecule has 136 valence electrons. The van der Waals surface area contributed by atoms with Crippen molar-refractivity contribution in [2.75, 3.05) is 0 Å². The third-order valence-corrected chi connectivity index (χ3v) is 4.67. The average Bonchev–Trinajstić information content (AvgIpc) is 3.30. The van der Waals surface area contributed by atoms with E-state index in [1.165, 1.54) is 0 Å². The van der Waals surface area contributed by atoms with Gasteiger partial charge in [0.15, 0.2) is 5.69 Å². The summed E-state index contributed by atoms with van der Waals surface area (Å²) >= 11 is 0. The van der Waals surface area contributed by atoms with Gasteiger partial charge in [-0.05, 0) is 37.0 Å². The summed E-state index contributed by atoms with van der Waals surface area (Å²) in [6.07, 6.45) is 2.92. The van der Waals surface area contributed by atoms with Crippen molar-refractivity contribution in [3.8, 4) is 5.69 Å². The molecular weight excluding hydrogens is 340 g/mol. The van der Waals surface area contributed by atoms with Gasteiger partial charge in [-0.2, -0.15) is 5.10 Å². The molecule has 0 spiro atoms. The molecule has 0 saturated carbocycles. The molecule has 2 aromatic carbocycles. The number of hydrogen-bond donors (Lipinski definition) is 2. The minimum absolute atomic E-state index is 0.206. The van der Waals surface area contributed by atoms with E-state index in [1.807, 2.05) is 65.3 Å². The fourth-order valence-electron chi connectivity index (χ4n) is 3.41. The lowest BCUT2D eigenvalue weighted by atomic mass is 10.1.